The summed E-state index contributed by atoms with van der Waals surface area (Å²) in [5, 5.41) is 0. The SMILES string of the molecule is CC(C)(CCCOCCOC(=O)C(C)(C)Br)O[SiH3]. The molecule has 0 saturated heterocycles. The lowest BCUT2D eigenvalue weighted by Gasteiger charge is -2.23. The highest BCUT2D eigenvalue weighted by Gasteiger charge is 2.25. The van der Waals surface area contributed by atoms with Crippen molar-refractivity contribution in [1.29, 1.82) is 0 Å². The highest BCUT2D eigenvalue weighted by molar-refractivity contribution is 9.10. The second-order valence-corrected chi connectivity index (χ2v) is 7.68. The molecule has 18 heavy (non-hydrogen) atoms. The maximum Gasteiger partial charge on any atom is 0.322 e. The van der Waals surface area contributed by atoms with Crippen molar-refractivity contribution in [3.63, 3.8) is 0 Å². The van der Waals surface area contributed by atoms with Crippen molar-refractivity contribution in [2.45, 2.75) is 50.5 Å². The molecule has 0 unspecified atom stereocenters. The van der Waals surface area contributed by atoms with E-state index in [0.717, 1.165) is 23.3 Å². The molecule has 0 aliphatic rings. The van der Waals surface area contributed by atoms with Gasteiger partial charge in [0, 0.05) is 12.2 Å². The Hall–Kier alpha value is 0.0869. The first kappa shape index (κ1) is 18.1. The van der Waals surface area contributed by atoms with Crippen LogP contribution in [0, 0.1) is 0 Å². The van der Waals surface area contributed by atoms with Crippen molar-refractivity contribution in [2.24, 2.45) is 0 Å². The van der Waals surface area contributed by atoms with Crippen molar-refractivity contribution in [3.05, 3.63) is 0 Å². The lowest BCUT2D eigenvalue weighted by molar-refractivity contribution is -0.146. The molecule has 0 bridgehead atoms. The summed E-state index contributed by atoms with van der Waals surface area (Å²) in [5.74, 6) is -0.267. The zero-order valence-electron chi connectivity index (χ0n) is 12.0. The summed E-state index contributed by atoms with van der Waals surface area (Å²) in [5.41, 5.74) is -0.0396. The Morgan fingerprint density at radius 1 is 1.17 bits per heavy atom. The number of hydrogen-bond acceptors (Lipinski definition) is 4. The van der Waals surface area contributed by atoms with Gasteiger partial charge in [0.1, 0.15) is 21.4 Å². The van der Waals surface area contributed by atoms with Gasteiger partial charge < -0.3 is 13.9 Å². The summed E-state index contributed by atoms with van der Waals surface area (Å²) in [6.45, 7) is 9.09. The van der Waals surface area contributed by atoms with E-state index < -0.39 is 4.32 Å². The molecule has 0 saturated carbocycles. The Bertz CT molecular complexity index is 251. The average Bonchev–Trinajstić information content (AvgIpc) is 2.26. The molecule has 6 heteroatoms. The zero-order valence-corrected chi connectivity index (χ0v) is 15.6. The van der Waals surface area contributed by atoms with Crippen LogP contribution in [-0.4, -0.2) is 46.2 Å². The number of halogens is 1. The van der Waals surface area contributed by atoms with Gasteiger partial charge in [0.15, 0.2) is 0 Å². The van der Waals surface area contributed by atoms with E-state index in [1.54, 1.807) is 13.8 Å². The minimum Gasteiger partial charge on any atom is -0.462 e. The van der Waals surface area contributed by atoms with Gasteiger partial charge in [0.25, 0.3) is 0 Å². The van der Waals surface area contributed by atoms with E-state index in [1.165, 1.54) is 0 Å². The van der Waals surface area contributed by atoms with E-state index in [-0.39, 0.29) is 11.6 Å². The first-order valence-corrected chi connectivity index (χ1v) is 7.79. The molecule has 0 amide bonds. The Labute approximate surface area is 121 Å². The minimum atomic E-state index is -0.626. The van der Waals surface area contributed by atoms with E-state index in [4.69, 9.17) is 13.9 Å². The highest BCUT2D eigenvalue weighted by atomic mass is 79.9. The normalized spacial score (nSPS) is 12.7. The van der Waals surface area contributed by atoms with E-state index >= 15 is 0 Å². The van der Waals surface area contributed by atoms with Crippen molar-refractivity contribution in [3.8, 4) is 0 Å². The second-order valence-electron chi connectivity index (χ2n) is 5.29. The lowest BCUT2D eigenvalue weighted by Crippen LogP contribution is -2.28. The van der Waals surface area contributed by atoms with E-state index in [2.05, 4.69) is 29.8 Å². The summed E-state index contributed by atoms with van der Waals surface area (Å²) >= 11 is 3.24. The summed E-state index contributed by atoms with van der Waals surface area (Å²) in [6.07, 6.45) is 1.93. The first-order chi connectivity index (χ1) is 8.19. The van der Waals surface area contributed by atoms with Crippen LogP contribution in [0.5, 0.6) is 0 Å². The zero-order chi connectivity index (χ0) is 14.2. The molecule has 0 fully saturated rings. The van der Waals surface area contributed by atoms with Crippen molar-refractivity contribution in [2.75, 3.05) is 19.8 Å². The van der Waals surface area contributed by atoms with E-state index in [1.807, 2.05) is 0 Å². The smallest absolute Gasteiger partial charge is 0.322 e. The third-order valence-corrected chi connectivity index (χ3v) is 4.00. The van der Waals surface area contributed by atoms with Crippen LogP contribution in [0.3, 0.4) is 0 Å². The molecular formula is C12H25BrO4Si. The van der Waals surface area contributed by atoms with Gasteiger partial charge in [-0.05, 0) is 40.5 Å². The Morgan fingerprint density at radius 2 is 1.78 bits per heavy atom. The van der Waals surface area contributed by atoms with Crippen molar-refractivity contribution < 1.29 is 18.7 Å². The van der Waals surface area contributed by atoms with Crippen LogP contribution in [0.25, 0.3) is 0 Å². The average molecular weight is 341 g/mol. The van der Waals surface area contributed by atoms with Gasteiger partial charge in [-0.2, -0.15) is 0 Å². The van der Waals surface area contributed by atoms with E-state index in [0.29, 0.717) is 19.8 Å². The summed E-state index contributed by atoms with van der Waals surface area (Å²) < 4.78 is 15.3. The summed E-state index contributed by atoms with van der Waals surface area (Å²) in [4.78, 5) is 11.4. The molecule has 0 N–H and O–H groups in total. The molecule has 0 heterocycles. The van der Waals surface area contributed by atoms with Crippen LogP contribution < -0.4 is 0 Å². The third-order valence-electron chi connectivity index (χ3n) is 2.57. The largest absolute Gasteiger partial charge is 0.462 e. The molecule has 0 aliphatic heterocycles. The van der Waals surface area contributed by atoms with Gasteiger partial charge in [-0.1, -0.05) is 15.9 Å². The number of ether oxygens (including phenoxy) is 2. The molecule has 4 nitrogen and oxygen atoms in total. The van der Waals surface area contributed by atoms with Crippen LogP contribution in [0.1, 0.15) is 40.5 Å². The Kier molecular flexibility index (Phi) is 8.34. The van der Waals surface area contributed by atoms with Crippen LogP contribution >= 0.6 is 15.9 Å². The molecule has 0 aromatic rings. The van der Waals surface area contributed by atoms with Crippen LogP contribution in [0.15, 0.2) is 0 Å². The Balaban J connectivity index is 3.45. The second kappa shape index (κ2) is 8.30. The van der Waals surface area contributed by atoms with Gasteiger partial charge in [0.05, 0.1) is 6.61 Å². The minimum absolute atomic E-state index is 0.0396. The fourth-order valence-electron chi connectivity index (χ4n) is 1.17. The number of esters is 1. The molecule has 0 aromatic heterocycles. The molecule has 0 aromatic carbocycles. The van der Waals surface area contributed by atoms with Crippen molar-refractivity contribution >= 4 is 32.4 Å². The number of carbonyl (C=O) groups is 1. The summed E-state index contributed by atoms with van der Waals surface area (Å²) in [7, 11) is 0.758. The molecular weight excluding hydrogens is 316 g/mol. The number of alkyl halides is 1. The van der Waals surface area contributed by atoms with Gasteiger partial charge in [-0.25, -0.2) is 0 Å². The summed E-state index contributed by atoms with van der Waals surface area (Å²) in [6, 6.07) is 0. The standard InChI is InChI=1S/C12H25BrO4Si/c1-11(2,17-18)6-5-7-15-8-9-16-10(14)12(3,4)13/h5-9H2,1-4,18H3. The fraction of sp³-hybridized carbons (Fsp3) is 0.917. The fourth-order valence-corrected chi connectivity index (χ4v) is 1.49. The van der Waals surface area contributed by atoms with Gasteiger partial charge in [0.2, 0.25) is 0 Å². The molecule has 0 atom stereocenters. The predicted molar refractivity (Wildman–Crippen MR) is 79.1 cm³/mol. The number of carbonyl (C=O) groups excluding carboxylic acids is 1. The quantitative estimate of drug-likeness (QED) is 0.276. The maximum atomic E-state index is 11.4. The first-order valence-electron chi connectivity index (χ1n) is 6.18. The van der Waals surface area contributed by atoms with E-state index in [9.17, 15) is 4.79 Å². The van der Waals surface area contributed by atoms with Crippen molar-refractivity contribution in [1.82, 2.24) is 0 Å². The monoisotopic (exact) mass is 340 g/mol. The molecule has 108 valence electrons. The lowest BCUT2D eigenvalue weighted by atomic mass is 10.0. The number of rotatable bonds is 9. The topological polar surface area (TPSA) is 44.8 Å². The van der Waals surface area contributed by atoms with Crippen LogP contribution in [-0.2, 0) is 18.7 Å². The third kappa shape index (κ3) is 9.07. The molecule has 0 spiro atoms. The van der Waals surface area contributed by atoms with Crippen LogP contribution in [0.2, 0.25) is 0 Å². The van der Waals surface area contributed by atoms with Crippen LogP contribution in [0.4, 0.5) is 0 Å². The maximum absolute atomic E-state index is 11.4. The number of hydrogen-bond donors (Lipinski definition) is 0. The van der Waals surface area contributed by atoms with Gasteiger partial charge in [-0.3, -0.25) is 4.79 Å². The highest BCUT2D eigenvalue weighted by Crippen LogP contribution is 2.17. The van der Waals surface area contributed by atoms with Gasteiger partial charge in [-0.15, -0.1) is 0 Å². The Morgan fingerprint density at radius 3 is 2.28 bits per heavy atom. The molecule has 0 radical (unpaired) electrons. The predicted octanol–water partition coefficient (Wildman–Crippen LogP) is 1.58. The van der Waals surface area contributed by atoms with Gasteiger partial charge >= 0.3 is 5.97 Å². The molecule has 0 rings (SSSR count). The molecule has 0 aliphatic carbocycles.